The van der Waals surface area contributed by atoms with Gasteiger partial charge in [-0.3, -0.25) is 10.1 Å². The lowest BCUT2D eigenvalue weighted by Crippen LogP contribution is -2.14. The summed E-state index contributed by atoms with van der Waals surface area (Å²) in [5, 5.41) is 11.2. The molecule has 0 bridgehead atoms. The molecule has 2 heterocycles. The van der Waals surface area contributed by atoms with E-state index >= 15 is 0 Å². The van der Waals surface area contributed by atoms with Crippen molar-refractivity contribution in [1.29, 1.82) is 0 Å². The summed E-state index contributed by atoms with van der Waals surface area (Å²) in [6.07, 6.45) is 0.727. The number of amides is 1. The Morgan fingerprint density at radius 1 is 1.15 bits per heavy atom. The highest BCUT2D eigenvalue weighted by Gasteiger charge is 2.21. The first-order valence-electron chi connectivity index (χ1n) is 5.27. The second kappa shape index (κ2) is 6.41. The van der Waals surface area contributed by atoms with Crippen molar-refractivity contribution >= 4 is 68.8 Å². The van der Waals surface area contributed by atoms with Gasteiger partial charge < -0.3 is 0 Å². The standard InChI is InChI=1S/C10H6Cl4N4OS/c1-2-3-17-18-10(20-3)16-9(19)7-5(12)4(11)6(13)8(14)15-7/h2H2,1H3,(H,16,18,19). The number of carbonyl (C=O) groups excluding carboxylic acids is 1. The molecule has 0 aliphatic heterocycles. The van der Waals surface area contributed by atoms with Crippen LogP contribution in [0.2, 0.25) is 20.2 Å². The number of aromatic nitrogens is 3. The summed E-state index contributed by atoms with van der Waals surface area (Å²) in [4.78, 5) is 15.9. The Balaban J connectivity index is 2.30. The van der Waals surface area contributed by atoms with Gasteiger partial charge in [-0.25, -0.2) is 4.98 Å². The van der Waals surface area contributed by atoms with Crippen molar-refractivity contribution in [3.63, 3.8) is 0 Å². The molecule has 2 aromatic heterocycles. The lowest BCUT2D eigenvalue weighted by Gasteiger charge is -2.07. The first-order valence-corrected chi connectivity index (χ1v) is 7.60. The molecule has 5 nitrogen and oxygen atoms in total. The van der Waals surface area contributed by atoms with Gasteiger partial charge in [-0.15, -0.1) is 10.2 Å². The van der Waals surface area contributed by atoms with Crippen molar-refractivity contribution in [3.8, 4) is 0 Å². The van der Waals surface area contributed by atoms with Crippen molar-refractivity contribution < 1.29 is 4.79 Å². The molecule has 0 aliphatic rings. The molecule has 0 atom stereocenters. The first kappa shape index (κ1) is 15.7. The van der Waals surface area contributed by atoms with Crippen LogP contribution in [0.3, 0.4) is 0 Å². The van der Waals surface area contributed by atoms with E-state index in [4.69, 9.17) is 46.4 Å². The Kier molecular flexibility index (Phi) is 5.04. The number of pyridine rings is 1. The van der Waals surface area contributed by atoms with E-state index < -0.39 is 5.91 Å². The number of anilines is 1. The molecular weight excluding hydrogens is 366 g/mol. The van der Waals surface area contributed by atoms with E-state index in [-0.39, 0.29) is 25.9 Å². The van der Waals surface area contributed by atoms with Crippen molar-refractivity contribution in [2.75, 3.05) is 5.32 Å². The third kappa shape index (κ3) is 3.15. The minimum absolute atomic E-state index is 0.000863. The molecule has 0 radical (unpaired) electrons. The molecule has 0 saturated carbocycles. The highest BCUT2D eigenvalue weighted by Crippen LogP contribution is 2.36. The number of nitrogens with zero attached hydrogens (tertiary/aromatic N) is 3. The third-order valence-corrected chi connectivity index (χ3v) is 4.85. The lowest BCUT2D eigenvalue weighted by molar-refractivity contribution is 0.102. The van der Waals surface area contributed by atoms with E-state index in [1.807, 2.05) is 6.92 Å². The number of halogens is 4. The fourth-order valence-corrected chi connectivity index (χ4v) is 2.73. The van der Waals surface area contributed by atoms with Crippen LogP contribution in [0.25, 0.3) is 0 Å². The number of hydrogen-bond donors (Lipinski definition) is 1. The van der Waals surface area contributed by atoms with E-state index in [1.54, 1.807) is 0 Å². The Morgan fingerprint density at radius 3 is 2.45 bits per heavy atom. The quantitative estimate of drug-likeness (QED) is 0.813. The summed E-state index contributed by atoms with van der Waals surface area (Å²) in [6, 6.07) is 0. The van der Waals surface area contributed by atoms with Gasteiger partial charge >= 0.3 is 0 Å². The van der Waals surface area contributed by atoms with E-state index in [0.29, 0.717) is 5.13 Å². The van der Waals surface area contributed by atoms with Gasteiger partial charge in [0.1, 0.15) is 10.2 Å². The minimum atomic E-state index is -0.589. The molecule has 10 heteroatoms. The molecule has 0 fully saturated rings. The maximum atomic E-state index is 12.1. The van der Waals surface area contributed by atoms with Crippen LogP contribution >= 0.6 is 57.7 Å². The third-order valence-electron chi connectivity index (χ3n) is 2.19. The predicted molar refractivity (Wildman–Crippen MR) is 81.5 cm³/mol. The van der Waals surface area contributed by atoms with E-state index in [2.05, 4.69) is 20.5 Å². The molecular formula is C10H6Cl4N4OS. The average Bonchev–Trinajstić information content (AvgIpc) is 2.88. The molecule has 0 aliphatic carbocycles. The number of aryl methyl sites for hydroxylation is 1. The monoisotopic (exact) mass is 370 g/mol. The van der Waals surface area contributed by atoms with Crippen LogP contribution in [0.4, 0.5) is 5.13 Å². The fraction of sp³-hybridized carbons (Fsp3) is 0.200. The number of carbonyl (C=O) groups is 1. The van der Waals surface area contributed by atoms with Gasteiger partial charge in [-0.2, -0.15) is 0 Å². The van der Waals surface area contributed by atoms with Crippen LogP contribution in [0.1, 0.15) is 22.4 Å². The van der Waals surface area contributed by atoms with Crippen LogP contribution in [-0.2, 0) is 6.42 Å². The van der Waals surface area contributed by atoms with Crippen molar-refractivity contribution in [2.45, 2.75) is 13.3 Å². The highest BCUT2D eigenvalue weighted by molar-refractivity contribution is 7.15. The summed E-state index contributed by atoms with van der Waals surface area (Å²) >= 11 is 24.6. The molecule has 2 aromatic rings. The zero-order chi connectivity index (χ0) is 14.9. The highest BCUT2D eigenvalue weighted by atomic mass is 35.5. The van der Waals surface area contributed by atoms with Gasteiger partial charge in [-0.1, -0.05) is 64.7 Å². The van der Waals surface area contributed by atoms with Crippen LogP contribution in [-0.4, -0.2) is 21.1 Å². The van der Waals surface area contributed by atoms with Crippen molar-refractivity contribution in [1.82, 2.24) is 15.2 Å². The molecule has 2 rings (SSSR count). The largest absolute Gasteiger partial charge is 0.295 e. The minimum Gasteiger partial charge on any atom is -0.295 e. The Hall–Kier alpha value is -0.660. The van der Waals surface area contributed by atoms with Crippen LogP contribution in [0, 0.1) is 0 Å². The number of hydrogen-bond acceptors (Lipinski definition) is 5. The molecule has 1 N–H and O–H groups in total. The van der Waals surface area contributed by atoms with Gasteiger partial charge in [0.15, 0.2) is 5.69 Å². The zero-order valence-electron chi connectivity index (χ0n) is 9.88. The summed E-state index contributed by atoms with van der Waals surface area (Å²) in [6.45, 7) is 1.93. The normalized spacial score (nSPS) is 10.7. The molecule has 0 aromatic carbocycles. The molecule has 1 amide bonds. The second-order valence-corrected chi connectivity index (χ2v) is 6.06. The van der Waals surface area contributed by atoms with Crippen molar-refractivity contribution in [3.05, 3.63) is 30.9 Å². The molecule has 20 heavy (non-hydrogen) atoms. The SMILES string of the molecule is CCc1nnc(NC(=O)c2nc(Cl)c(Cl)c(Cl)c2Cl)s1. The van der Waals surface area contributed by atoms with E-state index in [9.17, 15) is 4.79 Å². The molecule has 0 unspecified atom stereocenters. The van der Waals surface area contributed by atoms with Crippen molar-refractivity contribution in [2.24, 2.45) is 0 Å². The Bertz CT molecular complexity index is 676. The summed E-state index contributed by atoms with van der Waals surface area (Å²) in [5.74, 6) is -0.589. The van der Waals surface area contributed by atoms with Gasteiger partial charge in [-0.05, 0) is 6.42 Å². The van der Waals surface area contributed by atoms with Gasteiger partial charge in [0.2, 0.25) is 5.13 Å². The van der Waals surface area contributed by atoms with Crippen LogP contribution in [0.15, 0.2) is 0 Å². The average molecular weight is 372 g/mol. The summed E-state index contributed by atoms with van der Waals surface area (Å²) < 4.78 is 0. The fourth-order valence-electron chi connectivity index (χ4n) is 1.24. The number of nitrogens with one attached hydrogen (secondary N) is 1. The van der Waals surface area contributed by atoms with Crippen LogP contribution in [0.5, 0.6) is 0 Å². The lowest BCUT2D eigenvalue weighted by atomic mass is 10.3. The first-order chi connectivity index (χ1) is 9.43. The summed E-state index contributed by atoms with van der Waals surface area (Å²) in [5.41, 5.74) is -0.126. The Labute approximate surface area is 138 Å². The van der Waals surface area contributed by atoms with Gasteiger partial charge in [0.05, 0.1) is 15.1 Å². The maximum absolute atomic E-state index is 12.1. The van der Waals surface area contributed by atoms with E-state index in [0.717, 1.165) is 11.4 Å². The van der Waals surface area contributed by atoms with E-state index in [1.165, 1.54) is 11.3 Å². The maximum Gasteiger partial charge on any atom is 0.277 e. The van der Waals surface area contributed by atoms with Gasteiger partial charge in [0.25, 0.3) is 5.91 Å². The summed E-state index contributed by atoms with van der Waals surface area (Å²) in [7, 11) is 0. The number of rotatable bonds is 3. The molecule has 106 valence electrons. The van der Waals surface area contributed by atoms with Crippen LogP contribution < -0.4 is 5.32 Å². The smallest absolute Gasteiger partial charge is 0.277 e. The Morgan fingerprint density at radius 2 is 1.85 bits per heavy atom. The van der Waals surface area contributed by atoms with Gasteiger partial charge in [0, 0.05) is 0 Å². The second-order valence-electron chi connectivity index (χ2n) is 3.50. The zero-order valence-corrected chi connectivity index (χ0v) is 13.7. The molecule has 0 saturated heterocycles. The predicted octanol–water partition coefficient (Wildman–Crippen LogP) is 4.36. The topological polar surface area (TPSA) is 67.8 Å². The molecule has 0 spiro atoms.